The van der Waals surface area contributed by atoms with E-state index >= 15 is 0 Å². The van der Waals surface area contributed by atoms with E-state index in [0.717, 1.165) is 49.4 Å². The molecule has 0 aliphatic carbocycles. The predicted molar refractivity (Wildman–Crippen MR) is 119 cm³/mol. The van der Waals surface area contributed by atoms with Crippen LogP contribution in [0.25, 0.3) is 0 Å². The van der Waals surface area contributed by atoms with Crippen molar-refractivity contribution >= 4 is 12.6 Å². The van der Waals surface area contributed by atoms with E-state index in [4.69, 9.17) is 9.47 Å². The molecule has 1 unspecified atom stereocenters. The Labute approximate surface area is 180 Å². The Balaban J connectivity index is 0.000000300. The zero-order chi connectivity index (χ0) is 22.2. The highest BCUT2D eigenvalue weighted by molar-refractivity contribution is 5.75. The van der Waals surface area contributed by atoms with Gasteiger partial charge < -0.3 is 14.6 Å². The zero-order valence-corrected chi connectivity index (χ0v) is 18.3. The third kappa shape index (κ3) is 9.44. The molecule has 0 spiro atoms. The topological polar surface area (TPSA) is 72.8 Å². The van der Waals surface area contributed by atoms with Gasteiger partial charge in [0.1, 0.15) is 12.6 Å². The maximum atomic E-state index is 10.5. The maximum absolute atomic E-state index is 10.5. The van der Waals surface area contributed by atoms with Crippen molar-refractivity contribution in [3.63, 3.8) is 0 Å². The number of aldehydes is 2. The lowest BCUT2D eigenvalue weighted by molar-refractivity contribution is -0.140. The van der Waals surface area contributed by atoms with Crippen LogP contribution in [0.4, 0.5) is 0 Å². The van der Waals surface area contributed by atoms with Crippen molar-refractivity contribution in [1.29, 1.82) is 0 Å². The third-order valence-corrected chi connectivity index (χ3v) is 4.52. The van der Waals surface area contributed by atoms with Crippen molar-refractivity contribution in [2.75, 3.05) is 13.2 Å². The minimum atomic E-state index is -0.391. The summed E-state index contributed by atoms with van der Waals surface area (Å²) in [5, 5.41) is 9.82. The molecule has 2 rings (SSSR count). The summed E-state index contributed by atoms with van der Waals surface area (Å²) in [4.78, 5) is 20.9. The first-order chi connectivity index (χ1) is 14.6. The van der Waals surface area contributed by atoms with E-state index in [2.05, 4.69) is 6.92 Å². The average molecular weight is 415 g/mol. The van der Waals surface area contributed by atoms with Gasteiger partial charge in [-0.05, 0) is 25.8 Å². The molecule has 0 bridgehead atoms. The Morgan fingerprint density at radius 2 is 1.23 bits per heavy atom. The second-order valence-corrected chi connectivity index (χ2v) is 6.82. The molecular weight excluding hydrogens is 380 g/mol. The molecule has 0 heterocycles. The molecule has 0 aromatic heterocycles. The maximum Gasteiger partial charge on any atom is 0.183 e. The van der Waals surface area contributed by atoms with Gasteiger partial charge in [-0.2, -0.15) is 0 Å². The normalized spacial score (nSPS) is 11.5. The summed E-state index contributed by atoms with van der Waals surface area (Å²) in [5.74, 6) is 0. The van der Waals surface area contributed by atoms with Crippen molar-refractivity contribution in [2.45, 2.75) is 58.8 Å². The van der Waals surface area contributed by atoms with Gasteiger partial charge in [0.15, 0.2) is 6.29 Å². The summed E-state index contributed by atoms with van der Waals surface area (Å²) in [6, 6.07) is 14.3. The van der Waals surface area contributed by atoms with E-state index in [0.29, 0.717) is 24.3 Å². The fourth-order valence-electron chi connectivity index (χ4n) is 2.83. The van der Waals surface area contributed by atoms with Gasteiger partial charge in [-0.3, -0.25) is 9.59 Å². The summed E-state index contributed by atoms with van der Waals surface area (Å²) >= 11 is 0. The molecule has 0 saturated carbocycles. The summed E-state index contributed by atoms with van der Waals surface area (Å²) in [7, 11) is 0. The van der Waals surface area contributed by atoms with Gasteiger partial charge >= 0.3 is 0 Å². The van der Waals surface area contributed by atoms with E-state index < -0.39 is 6.10 Å². The Kier molecular flexibility index (Phi) is 13.3. The number of benzene rings is 2. The van der Waals surface area contributed by atoms with Crippen molar-refractivity contribution in [3.05, 3.63) is 70.8 Å². The minimum Gasteiger partial charge on any atom is -0.388 e. The summed E-state index contributed by atoms with van der Waals surface area (Å²) < 4.78 is 10.9. The first kappa shape index (κ1) is 25.7. The van der Waals surface area contributed by atoms with Crippen LogP contribution < -0.4 is 0 Å². The second-order valence-electron chi connectivity index (χ2n) is 6.82. The molecular formula is C25H34O5. The summed E-state index contributed by atoms with van der Waals surface area (Å²) in [6.45, 7) is 7.18. The van der Waals surface area contributed by atoms with Gasteiger partial charge in [0.2, 0.25) is 0 Å². The first-order valence-corrected chi connectivity index (χ1v) is 10.6. The smallest absolute Gasteiger partial charge is 0.183 e. The number of carbonyl (C=O) groups excluding carboxylic acids is 2. The number of hydrogen-bond acceptors (Lipinski definition) is 5. The second kappa shape index (κ2) is 15.5. The van der Waals surface area contributed by atoms with E-state index in [1.165, 1.54) is 0 Å². The highest BCUT2D eigenvalue weighted by atomic mass is 16.7. The van der Waals surface area contributed by atoms with Crippen LogP contribution in [0.3, 0.4) is 0 Å². The highest BCUT2D eigenvalue weighted by Gasteiger charge is 2.10. The molecule has 0 radical (unpaired) electrons. The number of aliphatic hydroxyl groups excluding tert-OH is 1. The molecule has 1 atom stereocenters. The van der Waals surface area contributed by atoms with Gasteiger partial charge in [0.05, 0.1) is 6.10 Å². The molecule has 0 saturated heterocycles. The molecule has 2 aromatic carbocycles. The van der Waals surface area contributed by atoms with Crippen LogP contribution in [0.2, 0.25) is 0 Å². The van der Waals surface area contributed by atoms with Crippen LogP contribution >= 0.6 is 0 Å². The van der Waals surface area contributed by atoms with Gasteiger partial charge in [-0.1, -0.05) is 74.7 Å². The molecule has 2 aromatic rings. The number of aliphatic hydroxyl groups is 1. The molecule has 5 heteroatoms. The monoisotopic (exact) mass is 414 g/mol. The van der Waals surface area contributed by atoms with E-state index in [-0.39, 0.29) is 6.29 Å². The van der Waals surface area contributed by atoms with E-state index in [1.54, 1.807) is 24.3 Å². The number of ether oxygens (including phenoxy) is 2. The van der Waals surface area contributed by atoms with Gasteiger partial charge in [0.25, 0.3) is 0 Å². The lowest BCUT2D eigenvalue weighted by atomic mass is 10.0. The van der Waals surface area contributed by atoms with Gasteiger partial charge in [0, 0.05) is 29.9 Å². The van der Waals surface area contributed by atoms with Crippen LogP contribution in [0.5, 0.6) is 0 Å². The van der Waals surface area contributed by atoms with Crippen LogP contribution in [0, 0.1) is 0 Å². The molecule has 0 amide bonds. The number of unbranched alkanes of at least 4 members (excludes halogenated alkanes) is 2. The molecule has 1 N–H and O–H groups in total. The lowest BCUT2D eigenvalue weighted by Gasteiger charge is -2.17. The first-order valence-electron chi connectivity index (χ1n) is 10.6. The van der Waals surface area contributed by atoms with Crippen LogP contribution in [-0.2, 0) is 9.47 Å². The largest absolute Gasteiger partial charge is 0.388 e. The van der Waals surface area contributed by atoms with Crippen molar-refractivity contribution in [3.8, 4) is 0 Å². The quantitative estimate of drug-likeness (QED) is 0.275. The average Bonchev–Trinajstić information content (AvgIpc) is 2.79. The molecule has 0 fully saturated rings. The fraction of sp³-hybridized carbons (Fsp3) is 0.440. The van der Waals surface area contributed by atoms with E-state index in [1.807, 2.05) is 38.1 Å². The standard InChI is InChI=1S/C13H18O2.C12H16O3/c1-2-3-4-5-13(15)12-8-6-11(10-14)7-9-12;1-3-14-12(15-4-2)11-7-5-10(9-13)6-8-11/h6-10,13,15H,2-5H2,1H3;5-9,12H,3-4H2,1-2H3. The molecule has 164 valence electrons. The Morgan fingerprint density at radius 3 is 1.63 bits per heavy atom. The minimum absolute atomic E-state index is 0.333. The summed E-state index contributed by atoms with van der Waals surface area (Å²) in [5.41, 5.74) is 3.14. The van der Waals surface area contributed by atoms with Crippen molar-refractivity contribution in [2.24, 2.45) is 0 Å². The molecule has 5 nitrogen and oxygen atoms in total. The number of hydrogen-bond donors (Lipinski definition) is 1. The zero-order valence-electron chi connectivity index (χ0n) is 18.3. The Bertz CT molecular complexity index is 703. The number of rotatable bonds is 12. The van der Waals surface area contributed by atoms with Gasteiger partial charge in [-0.25, -0.2) is 0 Å². The van der Waals surface area contributed by atoms with Crippen molar-refractivity contribution in [1.82, 2.24) is 0 Å². The summed E-state index contributed by atoms with van der Waals surface area (Å²) in [6.07, 6.45) is 5.08. The fourth-order valence-corrected chi connectivity index (χ4v) is 2.83. The molecule has 0 aliphatic rings. The molecule has 30 heavy (non-hydrogen) atoms. The SMILES string of the molecule is CCCCCC(O)c1ccc(C=O)cc1.CCOC(OCC)c1ccc(C=O)cc1. The van der Waals surface area contributed by atoms with E-state index in [9.17, 15) is 14.7 Å². The Hall–Kier alpha value is -2.34. The van der Waals surface area contributed by atoms with Crippen LogP contribution in [0.1, 0.15) is 90.7 Å². The molecule has 0 aliphatic heterocycles. The predicted octanol–water partition coefficient (Wildman–Crippen LogP) is 5.68. The third-order valence-electron chi connectivity index (χ3n) is 4.52. The highest BCUT2D eigenvalue weighted by Crippen LogP contribution is 2.20. The number of carbonyl (C=O) groups is 2. The lowest BCUT2D eigenvalue weighted by Crippen LogP contribution is -2.08. The van der Waals surface area contributed by atoms with Crippen LogP contribution in [0.15, 0.2) is 48.5 Å². The van der Waals surface area contributed by atoms with Crippen molar-refractivity contribution < 1.29 is 24.2 Å². The Morgan fingerprint density at radius 1 is 0.767 bits per heavy atom. The van der Waals surface area contributed by atoms with Crippen LogP contribution in [-0.4, -0.2) is 30.9 Å². The van der Waals surface area contributed by atoms with Gasteiger partial charge in [-0.15, -0.1) is 0 Å².